The topological polar surface area (TPSA) is 9.23 Å². The Bertz CT molecular complexity index is 423. The van der Waals surface area contributed by atoms with Crippen LogP contribution in [0, 0.1) is 5.82 Å². The van der Waals surface area contributed by atoms with Crippen LogP contribution in [0.4, 0.5) is 8.78 Å². The molecule has 0 amide bonds. The van der Waals surface area contributed by atoms with Gasteiger partial charge in [-0.15, -0.1) is 11.8 Å². The Kier molecular flexibility index (Phi) is 2.44. The maximum Gasteiger partial charge on any atom is 0.139 e. The van der Waals surface area contributed by atoms with Crippen molar-refractivity contribution in [2.45, 2.75) is 28.7 Å². The largest absolute Gasteiger partial charge is 0.378 e. The molecule has 1 aromatic carbocycles. The normalized spacial score (nSPS) is 33.0. The first-order valence-corrected chi connectivity index (χ1v) is 6.20. The standard InChI is InChI=1S/C12H12F2OS/c13-9-2-1-8-6-12(16-10(8)5-9)3-4-15-7-11(12)14/h1-2,5,11H,3-4,6-7H2. The molecule has 4 heteroatoms. The Morgan fingerprint density at radius 2 is 2.31 bits per heavy atom. The number of fused-ring (bicyclic) bond motifs is 1. The second-order valence-corrected chi connectivity index (χ2v) is 5.85. The lowest BCUT2D eigenvalue weighted by Gasteiger charge is -2.35. The molecule has 2 aliphatic heterocycles. The van der Waals surface area contributed by atoms with E-state index >= 15 is 0 Å². The molecule has 0 aromatic heterocycles. The molecule has 0 radical (unpaired) electrons. The van der Waals surface area contributed by atoms with E-state index in [2.05, 4.69) is 0 Å². The predicted molar refractivity (Wildman–Crippen MR) is 59.0 cm³/mol. The van der Waals surface area contributed by atoms with Gasteiger partial charge in [0.15, 0.2) is 0 Å². The molecule has 3 rings (SSSR count). The van der Waals surface area contributed by atoms with Gasteiger partial charge in [-0.2, -0.15) is 0 Å². The summed E-state index contributed by atoms with van der Waals surface area (Å²) in [5, 5.41) is 0. The molecular formula is C12H12F2OS. The van der Waals surface area contributed by atoms with Gasteiger partial charge in [0, 0.05) is 11.5 Å². The van der Waals surface area contributed by atoms with E-state index in [4.69, 9.17) is 4.74 Å². The average molecular weight is 242 g/mol. The zero-order valence-electron chi connectivity index (χ0n) is 8.71. The van der Waals surface area contributed by atoms with Crippen LogP contribution in [0.1, 0.15) is 12.0 Å². The molecule has 1 saturated heterocycles. The Labute approximate surface area is 97.2 Å². The van der Waals surface area contributed by atoms with Crippen molar-refractivity contribution in [2.24, 2.45) is 0 Å². The molecule has 1 spiro atoms. The predicted octanol–water partition coefficient (Wildman–Crippen LogP) is 2.97. The summed E-state index contributed by atoms with van der Waals surface area (Å²) in [5.41, 5.74) is 1.07. The van der Waals surface area contributed by atoms with E-state index in [0.29, 0.717) is 19.4 Å². The first-order chi connectivity index (χ1) is 7.70. The smallest absolute Gasteiger partial charge is 0.139 e. The molecule has 1 aromatic rings. The first kappa shape index (κ1) is 10.5. The number of halogens is 2. The van der Waals surface area contributed by atoms with Crippen LogP contribution in [0.3, 0.4) is 0 Å². The van der Waals surface area contributed by atoms with Gasteiger partial charge in [-0.05, 0) is 30.5 Å². The fourth-order valence-electron chi connectivity index (χ4n) is 2.40. The highest BCUT2D eigenvalue weighted by atomic mass is 32.2. The minimum absolute atomic E-state index is 0.170. The van der Waals surface area contributed by atoms with E-state index in [1.54, 1.807) is 6.07 Å². The second-order valence-electron chi connectivity index (χ2n) is 4.39. The van der Waals surface area contributed by atoms with Gasteiger partial charge in [-0.1, -0.05) is 6.07 Å². The van der Waals surface area contributed by atoms with E-state index < -0.39 is 10.9 Å². The highest BCUT2D eigenvalue weighted by Crippen LogP contribution is 2.51. The molecule has 0 N–H and O–H groups in total. The van der Waals surface area contributed by atoms with Gasteiger partial charge in [-0.3, -0.25) is 0 Å². The Balaban J connectivity index is 1.93. The summed E-state index contributed by atoms with van der Waals surface area (Å²) in [6.45, 7) is 0.771. The Morgan fingerprint density at radius 3 is 3.12 bits per heavy atom. The monoisotopic (exact) mass is 242 g/mol. The first-order valence-electron chi connectivity index (χ1n) is 5.39. The molecule has 1 nitrogen and oxygen atoms in total. The van der Waals surface area contributed by atoms with Gasteiger partial charge in [0.2, 0.25) is 0 Å². The number of hydrogen-bond donors (Lipinski definition) is 0. The fraction of sp³-hybridized carbons (Fsp3) is 0.500. The van der Waals surface area contributed by atoms with Crippen LogP contribution >= 0.6 is 11.8 Å². The summed E-state index contributed by atoms with van der Waals surface area (Å²) in [5.74, 6) is -0.245. The molecule has 16 heavy (non-hydrogen) atoms. The summed E-state index contributed by atoms with van der Waals surface area (Å²) < 4.78 is 31.8. The van der Waals surface area contributed by atoms with E-state index in [0.717, 1.165) is 10.5 Å². The van der Waals surface area contributed by atoms with E-state index in [1.165, 1.54) is 23.9 Å². The van der Waals surface area contributed by atoms with Crippen molar-refractivity contribution in [3.8, 4) is 0 Å². The lowest BCUT2D eigenvalue weighted by molar-refractivity contribution is 0.0133. The van der Waals surface area contributed by atoms with Gasteiger partial charge < -0.3 is 4.74 Å². The van der Waals surface area contributed by atoms with Crippen LogP contribution in [-0.2, 0) is 11.2 Å². The summed E-state index contributed by atoms with van der Waals surface area (Å²) in [7, 11) is 0. The number of thioether (sulfide) groups is 1. The average Bonchev–Trinajstić information content (AvgIpc) is 2.61. The molecule has 2 heterocycles. The summed E-state index contributed by atoms with van der Waals surface area (Å²) in [6.07, 6.45) is 0.439. The summed E-state index contributed by atoms with van der Waals surface area (Å²) >= 11 is 1.49. The van der Waals surface area contributed by atoms with Crippen molar-refractivity contribution in [1.29, 1.82) is 0 Å². The van der Waals surface area contributed by atoms with Crippen LogP contribution in [-0.4, -0.2) is 24.1 Å². The SMILES string of the molecule is Fc1ccc2c(c1)SC1(CCOCC1F)C2. The molecule has 0 saturated carbocycles. The van der Waals surface area contributed by atoms with Crippen molar-refractivity contribution in [2.75, 3.05) is 13.2 Å². The molecule has 1 fully saturated rings. The number of alkyl halides is 1. The number of hydrogen-bond acceptors (Lipinski definition) is 2. The van der Waals surface area contributed by atoms with E-state index in [-0.39, 0.29) is 12.4 Å². The zero-order chi connectivity index (χ0) is 11.2. The molecular weight excluding hydrogens is 230 g/mol. The number of benzene rings is 1. The lowest BCUT2D eigenvalue weighted by Crippen LogP contribution is -2.44. The summed E-state index contributed by atoms with van der Waals surface area (Å²) in [4.78, 5) is 0.893. The maximum absolute atomic E-state index is 14.0. The number of rotatable bonds is 0. The Hall–Kier alpha value is -0.610. The zero-order valence-corrected chi connectivity index (χ0v) is 9.53. The van der Waals surface area contributed by atoms with Gasteiger partial charge in [-0.25, -0.2) is 8.78 Å². The molecule has 2 unspecified atom stereocenters. The third-order valence-corrected chi connectivity index (χ3v) is 4.95. The molecule has 2 aliphatic rings. The maximum atomic E-state index is 14.0. The molecule has 0 aliphatic carbocycles. The second kappa shape index (κ2) is 3.70. The van der Waals surface area contributed by atoms with Crippen molar-refractivity contribution < 1.29 is 13.5 Å². The summed E-state index contributed by atoms with van der Waals surface area (Å²) in [6, 6.07) is 4.73. The van der Waals surface area contributed by atoms with Crippen LogP contribution in [0.5, 0.6) is 0 Å². The van der Waals surface area contributed by atoms with Crippen LogP contribution in [0.2, 0.25) is 0 Å². The van der Waals surface area contributed by atoms with E-state index in [1.807, 2.05) is 0 Å². The molecule has 0 bridgehead atoms. The van der Waals surface area contributed by atoms with Crippen LogP contribution < -0.4 is 0 Å². The van der Waals surface area contributed by atoms with Gasteiger partial charge in [0.05, 0.1) is 11.4 Å². The Morgan fingerprint density at radius 1 is 1.44 bits per heavy atom. The van der Waals surface area contributed by atoms with Crippen molar-refractivity contribution >= 4 is 11.8 Å². The third-order valence-electron chi connectivity index (χ3n) is 3.34. The minimum atomic E-state index is -0.957. The highest BCUT2D eigenvalue weighted by molar-refractivity contribution is 8.01. The van der Waals surface area contributed by atoms with Crippen LogP contribution in [0.25, 0.3) is 0 Å². The van der Waals surface area contributed by atoms with Gasteiger partial charge in [0.25, 0.3) is 0 Å². The quantitative estimate of drug-likeness (QED) is 0.691. The van der Waals surface area contributed by atoms with Crippen molar-refractivity contribution in [1.82, 2.24) is 0 Å². The fourth-order valence-corrected chi connectivity index (χ4v) is 3.89. The van der Waals surface area contributed by atoms with Crippen LogP contribution in [0.15, 0.2) is 23.1 Å². The molecule has 2 atom stereocenters. The molecule has 86 valence electrons. The highest BCUT2D eigenvalue weighted by Gasteiger charge is 2.47. The lowest BCUT2D eigenvalue weighted by atomic mass is 9.90. The van der Waals surface area contributed by atoms with Crippen molar-refractivity contribution in [3.05, 3.63) is 29.6 Å². The van der Waals surface area contributed by atoms with Crippen molar-refractivity contribution in [3.63, 3.8) is 0 Å². The van der Waals surface area contributed by atoms with E-state index in [9.17, 15) is 8.78 Å². The minimum Gasteiger partial charge on any atom is -0.378 e. The third kappa shape index (κ3) is 1.55. The number of ether oxygens (including phenoxy) is 1. The van der Waals surface area contributed by atoms with Gasteiger partial charge >= 0.3 is 0 Å². The van der Waals surface area contributed by atoms with Gasteiger partial charge in [0.1, 0.15) is 12.0 Å².